The lowest BCUT2D eigenvalue weighted by Crippen LogP contribution is -2.40. The average molecular weight is 484 g/mol. The van der Waals surface area contributed by atoms with Crippen molar-refractivity contribution in [3.63, 3.8) is 0 Å². The number of oxazole rings is 1. The van der Waals surface area contributed by atoms with Crippen LogP contribution in [-0.2, 0) is 24.4 Å². The monoisotopic (exact) mass is 483 g/mol. The number of benzene rings is 3. The predicted octanol–water partition coefficient (Wildman–Crippen LogP) is 5.14. The Bertz CT molecular complexity index is 1250. The molecule has 1 aliphatic heterocycles. The molecule has 1 aliphatic rings. The van der Waals surface area contributed by atoms with Gasteiger partial charge in [-0.3, -0.25) is 9.69 Å². The number of morpholine rings is 1. The molecule has 4 aromatic rings. The van der Waals surface area contributed by atoms with Crippen molar-refractivity contribution in [1.82, 2.24) is 14.8 Å². The molecule has 0 spiro atoms. The molecule has 0 saturated carbocycles. The predicted molar refractivity (Wildman–Crippen MR) is 136 cm³/mol. The first-order valence-electron chi connectivity index (χ1n) is 12.1. The van der Waals surface area contributed by atoms with E-state index in [0.29, 0.717) is 57.5 Å². The van der Waals surface area contributed by atoms with Crippen LogP contribution in [0.3, 0.4) is 0 Å². The Hall–Kier alpha value is -3.94. The summed E-state index contributed by atoms with van der Waals surface area (Å²) in [4.78, 5) is 21.3. The molecule has 0 aliphatic carbocycles. The highest BCUT2D eigenvalue weighted by molar-refractivity contribution is 5.92. The number of para-hydroxylation sites is 1. The van der Waals surface area contributed by atoms with Gasteiger partial charge in [-0.15, -0.1) is 0 Å². The van der Waals surface area contributed by atoms with Crippen molar-refractivity contribution in [2.45, 2.75) is 19.6 Å². The topological polar surface area (TPSA) is 68.0 Å². The van der Waals surface area contributed by atoms with Gasteiger partial charge in [-0.25, -0.2) is 4.98 Å². The number of carbonyl (C=O) groups excluding carboxylic acids is 1. The van der Waals surface area contributed by atoms with Crippen molar-refractivity contribution in [2.75, 3.05) is 26.3 Å². The molecule has 1 fully saturated rings. The fraction of sp³-hybridized carbons (Fsp3) is 0.241. The van der Waals surface area contributed by atoms with Crippen molar-refractivity contribution in [1.29, 1.82) is 0 Å². The Labute approximate surface area is 210 Å². The first-order chi connectivity index (χ1) is 17.7. The lowest BCUT2D eigenvalue weighted by molar-refractivity contribution is 0.0299. The molecule has 1 aromatic heterocycles. The van der Waals surface area contributed by atoms with Gasteiger partial charge in [0.15, 0.2) is 5.69 Å². The smallest absolute Gasteiger partial charge is 0.275 e. The van der Waals surface area contributed by atoms with Gasteiger partial charge in [0.05, 0.1) is 19.8 Å². The third kappa shape index (κ3) is 6.38. The van der Waals surface area contributed by atoms with E-state index in [1.54, 1.807) is 4.90 Å². The normalized spacial score (nSPS) is 13.6. The van der Waals surface area contributed by atoms with E-state index in [-0.39, 0.29) is 5.91 Å². The molecule has 36 heavy (non-hydrogen) atoms. The Morgan fingerprint density at radius 1 is 0.833 bits per heavy atom. The first-order valence-corrected chi connectivity index (χ1v) is 12.1. The van der Waals surface area contributed by atoms with E-state index in [2.05, 4.69) is 28.1 Å². The molecule has 0 atom stereocenters. The standard InChI is InChI=1S/C29H29N3O4/c33-29(32-14-16-34-17-15-32)27-22-35-28(30-27)21-31(19-23-8-3-1-4-9-23)20-24-10-7-13-26(18-24)36-25-11-5-2-6-12-25/h1-13,18,22H,14-17,19-21H2. The molecule has 0 radical (unpaired) electrons. The number of carbonyl (C=O) groups is 1. The Morgan fingerprint density at radius 3 is 2.28 bits per heavy atom. The fourth-order valence-electron chi connectivity index (χ4n) is 4.20. The van der Waals surface area contributed by atoms with E-state index in [0.717, 1.165) is 17.1 Å². The van der Waals surface area contributed by atoms with Crippen molar-refractivity contribution in [3.8, 4) is 11.5 Å². The number of rotatable bonds is 9. The fourth-order valence-corrected chi connectivity index (χ4v) is 4.20. The number of hydrogen-bond donors (Lipinski definition) is 0. The maximum Gasteiger partial charge on any atom is 0.275 e. The summed E-state index contributed by atoms with van der Waals surface area (Å²) in [6.45, 7) is 4.08. The van der Waals surface area contributed by atoms with Gasteiger partial charge in [-0.1, -0.05) is 60.7 Å². The number of nitrogens with zero attached hydrogens (tertiary/aromatic N) is 3. The minimum atomic E-state index is -0.117. The van der Waals surface area contributed by atoms with Gasteiger partial charge in [0, 0.05) is 26.2 Å². The second-order valence-electron chi connectivity index (χ2n) is 8.72. The maximum absolute atomic E-state index is 12.8. The molecular formula is C29H29N3O4. The summed E-state index contributed by atoms with van der Waals surface area (Å²) >= 11 is 0. The second-order valence-corrected chi connectivity index (χ2v) is 8.72. The van der Waals surface area contributed by atoms with Crippen LogP contribution in [0.25, 0.3) is 0 Å². The van der Waals surface area contributed by atoms with Crippen LogP contribution in [-0.4, -0.2) is 47.0 Å². The van der Waals surface area contributed by atoms with Crippen molar-refractivity contribution < 1.29 is 18.7 Å². The van der Waals surface area contributed by atoms with Crippen LogP contribution in [0.5, 0.6) is 11.5 Å². The van der Waals surface area contributed by atoms with E-state index < -0.39 is 0 Å². The van der Waals surface area contributed by atoms with Crippen LogP contribution in [0.2, 0.25) is 0 Å². The highest BCUT2D eigenvalue weighted by Gasteiger charge is 2.22. The average Bonchev–Trinajstić information content (AvgIpc) is 3.38. The van der Waals surface area contributed by atoms with Crippen LogP contribution in [0.15, 0.2) is 95.6 Å². The first kappa shape index (κ1) is 23.8. The van der Waals surface area contributed by atoms with Crippen LogP contribution >= 0.6 is 0 Å². The van der Waals surface area contributed by atoms with Crippen molar-refractivity contribution >= 4 is 5.91 Å². The SMILES string of the molecule is O=C(c1coc(CN(Cc2ccccc2)Cc2cccc(Oc3ccccc3)c2)n1)N1CCOCC1. The zero-order valence-electron chi connectivity index (χ0n) is 20.1. The number of ether oxygens (including phenoxy) is 2. The Balaban J connectivity index is 1.31. The van der Waals surface area contributed by atoms with E-state index in [1.807, 2.05) is 66.7 Å². The van der Waals surface area contributed by atoms with Crippen LogP contribution in [0.4, 0.5) is 0 Å². The van der Waals surface area contributed by atoms with Gasteiger partial charge in [0.1, 0.15) is 17.8 Å². The summed E-state index contributed by atoms with van der Waals surface area (Å²) in [6, 6.07) is 28.1. The highest BCUT2D eigenvalue weighted by Crippen LogP contribution is 2.23. The van der Waals surface area contributed by atoms with Crippen LogP contribution in [0.1, 0.15) is 27.5 Å². The zero-order chi connectivity index (χ0) is 24.6. The van der Waals surface area contributed by atoms with Crippen LogP contribution in [0, 0.1) is 0 Å². The molecular weight excluding hydrogens is 454 g/mol. The second kappa shape index (κ2) is 11.7. The zero-order valence-corrected chi connectivity index (χ0v) is 20.1. The number of aromatic nitrogens is 1. The van der Waals surface area contributed by atoms with Gasteiger partial charge in [-0.05, 0) is 35.4 Å². The summed E-state index contributed by atoms with van der Waals surface area (Å²) in [6.07, 6.45) is 1.46. The quantitative estimate of drug-likeness (QED) is 0.328. The molecule has 184 valence electrons. The molecule has 1 saturated heterocycles. The molecule has 3 aromatic carbocycles. The van der Waals surface area contributed by atoms with Gasteiger partial charge in [-0.2, -0.15) is 0 Å². The van der Waals surface area contributed by atoms with Crippen molar-refractivity contribution in [3.05, 3.63) is 114 Å². The molecule has 0 N–H and O–H groups in total. The van der Waals surface area contributed by atoms with E-state index in [9.17, 15) is 4.79 Å². The Morgan fingerprint density at radius 2 is 1.50 bits per heavy atom. The third-order valence-corrected chi connectivity index (χ3v) is 5.96. The minimum absolute atomic E-state index is 0.117. The van der Waals surface area contributed by atoms with E-state index in [1.165, 1.54) is 11.8 Å². The van der Waals surface area contributed by atoms with Gasteiger partial charge >= 0.3 is 0 Å². The van der Waals surface area contributed by atoms with E-state index >= 15 is 0 Å². The molecule has 1 amide bonds. The van der Waals surface area contributed by atoms with Gasteiger partial charge in [0.25, 0.3) is 5.91 Å². The number of hydrogen-bond acceptors (Lipinski definition) is 6. The minimum Gasteiger partial charge on any atom is -0.457 e. The molecule has 0 unspecified atom stereocenters. The van der Waals surface area contributed by atoms with Gasteiger partial charge in [0.2, 0.25) is 5.89 Å². The summed E-state index contributed by atoms with van der Waals surface area (Å²) in [5.74, 6) is 1.98. The third-order valence-electron chi connectivity index (χ3n) is 5.96. The molecule has 2 heterocycles. The lowest BCUT2D eigenvalue weighted by Gasteiger charge is -2.25. The molecule has 0 bridgehead atoms. The molecule has 7 nitrogen and oxygen atoms in total. The molecule has 7 heteroatoms. The summed E-state index contributed by atoms with van der Waals surface area (Å²) in [5, 5.41) is 0. The summed E-state index contributed by atoms with van der Waals surface area (Å²) < 4.78 is 17.1. The molecule has 5 rings (SSSR count). The van der Waals surface area contributed by atoms with Crippen molar-refractivity contribution in [2.24, 2.45) is 0 Å². The summed E-state index contributed by atoms with van der Waals surface area (Å²) in [7, 11) is 0. The van der Waals surface area contributed by atoms with E-state index in [4.69, 9.17) is 13.9 Å². The summed E-state index contributed by atoms with van der Waals surface area (Å²) in [5.41, 5.74) is 2.63. The highest BCUT2D eigenvalue weighted by atomic mass is 16.5. The Kier molecular flexibility index (Phi) is 7.70. The maximum atomic E-state index is 12.8. The van der Waals surface area contributed by atoms with Gasteiger partial charge < -0.3 is 18.8 Å². The van der Waals surface area contributed by atoms with Crippen LogP contribution < -0.4 is 4.74 Å². The largest absolute Gasteiger partial charge is 0.457 e. The number of amides is 1. The lowest BCUT2D eigenvalue weighted by atomic mass is 10.1.